The third-order valence-corrected chi connectivity index (χ3v) is 2.70. The highest BCUT2D eigenvalue weighted by Gasteiger charge is 2.11. The smallest absolute Gasteiger partial charge is 0.138 e. The lowest BCUT2D eigenvalue weighted by Gasteiger charge is -2.22. The van der Waals surface area contributed by atoms with E-state index in [2.05, 4.69) is 9.97 Å². The van der Waals surface area contributed by atoms with Gasteiger partial charge in [0.25, 0.3) is 0 Å². The van der Waals surface area contributed by atoms with Crippen molar-refractivity contribution >= 4 is 23.1 Å². The Bertz CT molecular complexity index is 539. The lowest BCUT2D eigenvalue weighted by atomic mass is 10.2. The molecule has 0 aliphatic rings. The lowest BCUT2D eigenvalue weighted by Crippen LogP contribution is -2.18. The molecule has 0 fully saturated rings. The van der Waals surface area contributed by atoms with Gasteiger partial charge >= 0.3 is 0 Å². The number of nitrogens with zero attached hydrogens (tertiary/aromatic N) is 3. The van der Waals surface area contributed by atoms with E-state index in [4.69, 9.17) is 11.6 Å². The van der Waals surface area contributed by atoms with E-state index in [1.54, 1.807) is 19.1 Å². The topological polar surface area (TPSA) is 29.0 Å². The van der Waals surface area contributed by atoms with Gasteiger partial charge in [0.05, 0.1) is 0 Å². The maximum Gasteiger partial charge on any atom is 0.138 e. The highest BCUT2D eigenvalue weighted by Crippen LogP contribution is 2.25. The molecule has 94 valence electrons. The summed E-state index contributed by atoms with van der Waals surface area (Å²) in [5.74, 6) is 0.982. The first-order chi connectivity index (χ1) is 8.60. The normalized spacial score (nSPS) is 10.4. The second kappa shape index (κ2) is 5.31. The molecule has 0 amide bonds. The number of aromatic nitrogens is 2. The van der Waals surface area contributed by atoms with Gasteiger partial charge < -0.3 is 4.90 Å². The molecule has 0 N–H and O–H groups in total. The molecule has 0 aliphatic heterocycles. The van der Waals surface area contributed by atoms with Gasteiger partial charge in [0.15, 0.2) is 0 Å². The van der Waals surface area contributed by atoms with Gasteiger partial charge in [-0.25, -0.2) is 14.4 Å². The molecule has 18 heavy (non-hydrogen) atoms. The largest absolute Gasteiger partial charge is 0.326 e. The van der Waals surface area contributed by atoms with Crippen LogP contribution < -0.4 is 4.90 Å². The van der Waals surface area contributed by atoms with Crippen molar-refractivity contribution in [2.45, 2.75) is 13.8 Å². The third kappa shape index (κ3) is 2.76. The number of hydrogen-bond donors (Lipinski definition) is 0. The molecule has 1 heterocycles. The predicted molar refractivity (Wildman–Crippen MR) is 70.9 cm³/mol. The van der Waals surface area contributed by atoms with Crippen LogP contribution in [0.25, 0.3) is 0 Å². The average Bonchev–Trinajstić information content (AvgIpc) is 2.28. The van der Waals surface area contributed by atoms with Crippen LogP contribution in [0, 0.1) is 12.7 Å². The van der Waals surface area contributed by atoms with Crippen molar-refractivity contribution in [1.82, 2.24) is 9.97 Å². The van der Waals surface area contributed by atoms with Crippen LogP contribution in [-0.2, 0) is 0 Å². The van der Waals surface area contributed by atoms with Crippen LogP contribution in [0.2, 0.25) is 5.15 Å². The molecule has 0 aliphatic carbocycles. The van der Waals surface area contributed by atoms with E-state index in [9.17, 15) is 4.39 Å². The molecule has 0 atom stereocenters. The van der Waals surface area contributed by atoms with E-state index in [1.165, 1.54) is 12.1 Å². The Morgan fingerprint density at radius 1 is 1.28 bits per heavy atom. The summed E-state index contributed by atoms with van der Waals surface area (Å²) in [5.41, 5.74) is 0.742. The minimum atomic E-state index is -0.275. The van der Waals surface area contributed by atoms with Crippen molar-refractivity contribution in [3.63, 3.8) is 0 Å². The molecule has 5 heteroatoms. The van der Waals surface area contributed by atoms with Crippen LogP contribution in [0.1, 0.15) is 12.7 Å². The fraction of sp³-hybridized carbons (Fsp3) is 0.231. The van der Waals surface area contributed by atoms with E-state index < -0.39 is 0 Å². The number of aryl methyl sites for hydroxylation is 1. The van der Waals surface area contributed by atoms with Crippen molar-refractivity contribution in [3.05, 3.63) is 47.1 Å². The van der Waals surface area contributed by atoms with Crippen molar-refractivity contribution in [1.29, 1.82) is 0 Å². The summed E-state index contributed by atoms with van der Waals surface area (Å²) in [5, 5.41) is 0.382. The third-order valence-electron chi connectivity index (χ3n) is 2.51. The van der Waals surface area contributed by atoms with Crippen LogP contribution >= 0.6 is 11.6 Å². The Morgan fingerprint density at radius 2 is 2.06 bits per heavy atom. The van der Waals surface area contributed by atoms with Gasteiger partial charge in [0.1, 0.15) is 22.6 Å². The summed E-state index contributed by atoms with van der Waals surface area (Å²) in [4.78, 5) is 10.2. The standard InChI is InChI=1S/C13H13ClFN3/c1-3-18(11-6-4-5-10(15)7-11)13-8-12(14)16-9(2)17-13/h4-8H,3H2,1-2H3. The fourth-order valence-electron chi connectivity index (χ4n) is 1.78. The van der Waals surface area contributed by atoms with Gasteiger partial charge in [-0.1, -0.05) is 17.7 Å². The zero-order valence-electron chi connectivity index (χ0n) is 10.2. The molecule has 2 rings (SSSR count). The van der Waals surface area contributed by atoms with Gasteiger partial charge in [0, 0.05) is 18.3 Å². The number of benzene rings is 1. The molecule has 0 spiro atoms. The van der Waals surface area contributed by atoms with Gasteiger partial charge in [-0.15, -0.1) is 0 Å². The van der Waals surface area contributed by atoms with E-state index >= 15 is 0 Å². The van der Waals surface area contributed by atoms with Crippen LogP contribution in [0.3, 0.4) is 0 Å². The Hall–Kier alpha value is -1.68. The Kier molecular flexibility index (Phi) is 3.77. The zero-order valence-corrected chi connectivity index (χ0v) is 10.9. The summed E-state index contributed by atoms with van der Waals surface area (Å²) in [6.07, 6.45) is 0. The van der Waals surface area contributed by atoms with Gasteiger partial charge in [-0.05, 0) is 32.0 Å². The van der Waals surface area contributed by atoms with Crippen molar-refractivity contribution in [3.8, 4) is 0 Å². The number of anilines is 2. The maximum absolute atomic E-state index is 13.3. The van der Waals surface area contributed by atoms with Crippen LogP contribution in [0.15, 0.2) is 30.3 Å². The molecule has 2 aromatic rings. The van der Waals surface area contributed by atoms with E-state index in [0.717, 1.165) is 5.69 Å². The van der Waals surface area contributed by atoms with E-state index in [0.29, 0.717) is 23.3 Å². The average molecular weight is 266 g/mol. The summed E-state index contributed by atoms with van der Waals surface area (Å²) in [6.45, 7) is 4.40. The molecule has 3 nitrogen and oxygen atoms in total. The van der Waals surface area contributed by atoms with Crippen molar-refractivity contribution in [2.24, 2.45) is 0 Å². The predicted octanol–water partition coefficient (Wildman–Crippen LogP) is 3.74. The Balaban J connectivity index is 2.45. The monoisotopic (exact) mass is 265 g/mol. The van der Waals surface area contributed by atoms with Crippen LogP contribution in [0.5, 0.6) is 0 Å². The quantitative estimate of drug-likeness (QED) is 0.792. The lowest BCUT2D eigenvalue weighted by molar-refractivity contribution is 0.627. The highest BCUT2D eigenvalue weighted by atomic mass is 35.5. The van der Waals surface area contributed by atoms with Crippen LogP contribution in [-0.4, -0.2) is 16.5 Å². The van der Waals surface area contributed by atoms with E-state index in [1.807, 2.05) is 17.9 Å². The molecule has 1 aromatic carbocycles. The second-order valence-corrected chi connectivity index (χ2v) is 4.21. The van der Waals surface area contributed by atoms with Gasteiger partial charge in [-0.3, -0.25) is 0 Å². The Morgan fingerprint density at radius 3 is 2.67 bits per heavy atom. The first kappa shape index (κ1) is 12.8. The highest BCUT2D eigenvalue weighted by molar-refractivity contribution is 6.29. The second-order valence-electron chi connectivity index (χ2n) is 3.82. The molecular formula is C13H13ClFN3. The minimum absolute atomic E-state index is 0.275. The van der Waals surface area contributed by atoms with Gasteiger partial charge in [-0.2, -0.15) is 0 Å². The number of hydrogen-bond acceptors (Lipinski definition) is 3. The van der Waals surface area contributed by atoms with E-state index in [-0.39, 0.29) is 5.82 Å². The van der Waals surface area contributed by atoms with Crippen molar-refractivity contribution in [2.75, 3.05) is 11.4 Å². The minimum Gasteiger partial charge on any atom is -0.326 e. The first-order valence-corrected chi connectivity index (χ1v) is 6.02. The summed E-state index contributed by atoms with van der Waals surface area (Å²) >= 11 is 5.92. The molecule has 0 bridgehead atoms. The summed E-state index contributed by atoms with van der Waals surface area (Å²) in [7, 11) is 0. The Labute approximate surface area is 110 Å². The molecule has 0 unspecified atom stereocenters. The molecular weight excluding hydrogens is 253 g/mol. The van der Waals surface area contributed by atoms with Crippen LogP contribution in [0.4, 0.5) is 15.9 Å². The van der Waals surface area contributed by atoms with Crippen molar-refractivity contribution < 1.29 is 4.39 Å². The molecule has 0 radical (unpaired) electrons. The molecule has 1 aromatic heterocycles. The number of halogens is 2. The zero-order chi connectivity index (χ0) is 13.1. The first-order valence-electron chi connectivity index (χ1n) is 5.64. The fourth-order valence-corrected chi connectivity index (χ4v) is 2.00. The maximum atomic E-state index is 13.3. The molecule has 0 saturated carbocycles. The molecule has 0 saturated heterocycles. The SMILES string of the molecule is CCN(c1cccc(F)c1)c1cc(Cl)nc(C)n1. The summed E-state index contributed by atoms with van der Waals surface area (Å²) < 4.78 is 13.3. The summed E-state index contributed by atoms with van der Waals surface area (Å²) in [6, 6.07) is 8.05. The number of rotatable bonds is 3. The van der Waals surface area contributed by atoms with Gasteiger partial charge in [0.2, 0.25) is 0 Å².